The summed E-state index contributed by atoms with van der Waals surface area (Å²) in [6, 6.07) is 8.61. The molecule has 0 atom stereocenters. The number of amides is 3. The summed E-state index contributed by atoms with van der Waals surface area (Å²) >= 11 is 4.30. The van der Waals surface area contributed by atoms with Gasteiger partial charge in [-0.2, -0.15) is 0 Å². The van der Waals surface area contributed by atoms with Crippen molar-refractivity contribution in [2.45, 2.75) is 6.42 Å². The van der Waals surface area contributed by atoms with Crippen molar-refractivity contribution < 1.29 is 33.0 Å². The van der Waals surface area contributed by atoms with Crippen LogP contribution in [0.4, 0.5) is 14.9 Å². The molecule has 8 nitrogen and oxygen atoms in total. The molecule has 0 aromatic heterocycles. The van der Waals surface area contributed by atoms with Crippen molar-refractivity contribution in [3.63, 3.8) is 0 Å². The van der Waals surface area contributed by atoms with Crippen LogP contribution in [-0.4, -0.2) is 55.9 Å². The fourth-order valence-corrected chi connectivity index (χ4v) is 4.30. The highest BCUT2D eigenvalue weighted by atomic mass is 79.9. The summed E-state index contributed by atoms with van der Waals surface area (Å²) in [5.74, 6) is -0.567. The minimum atomic E-state index is -0.434. The zero-order valence-electron chi connectivity index (χ0n) is 18.4. The molecule has 11 heteroatoms. The molecule has 3 rings (SSSR count). The van der Waals surface area contributed by atoms with Gasteiger partial charge in [0.05, 0.1) is 12.0 Å². The topological polar surface area (TPSA) is 94.2 Å². The second-order valence-corrected chi connectivity index (χ2v) is 8.90. The average molecular weight is 553 g/mol. The molecule has 0 aliphatic carbocycles. The second-order valence-electron chi connectivity index (χ2n) is 7.05. The quantitative estimate of drug-likeness (QED) is 0.337. The van der Waals surface area contributed by atoms with Crippen LogP contribution in [0, 0.1) is 5.82 Å². The van der Waals surface area contributed by atoms with E-state index in [2.05, 4.69) is 21.2 Å². The maximum atomic E-state index is 13.0. The van der Waals surface area contributed by atoms with Crippen LogP contribution in [0.15, 0.2) is 45.8 Å². The SMILES string of the molecule is COCCCN1C(=O)S/C(=C/c2cc(OC)c(OCC(=O)Nc3ccc(F)cc3)cc2Br)C1=O. The van der Waals surface area contributed by atoms with Crippen LogP contribution in [0.1, 0.15) is 12.0 Å². The number of nitrogens with zero attached hydrogens (tertiary/aromatic N) is 1. The number of hydrogen-bond acceptors (Lipinski definition) is 7. The van der Waals surface area contributed by atoms with Crippen molar-refractivity contribution in [1.29, 1.82) is 0 Å². The van der Waals surface area contributed by atoms with E-state index < -0.39 is 11.7 Å². The highest BCUT2D eigenvalue weighted by molar-refractivity contribution is 9.10. The van der Waals surface area contributed by atoms with Gasteiger partial charge in [0.15, 0.2) is 18.1 Å². The van der Waals surface area contributed by atoms with Gasteiger partial charge in [0.1, 0.15) is 5.82 Å². The largest absolute Gasteiger partial charge is 0.493 e. The Morgan fingerprint density at radius 3 is 2.59 bits per heavy atom. The highest BCUT2D eigenvalue weighted by Crippen LogP contribution is 2.38. The van der Waals surface area contributed by atoms with Crippen LogP contribution in [0.3, 0.4) is 0 Å². The Hall–Kier alpha value is -2.89. The number of rotatable bonds is 10. The predicted octanol–water partition coefficient (Wildman–Crippen LogP) is 4.69. The van der Waals surface area contributed by atoms with Crippen molar-refractivity contribution in [3.05, 3.63) is 57.2 Å². The fourth-order valence-electron chi connectivity index (χ4n) is 3.01. The number of thioether (sulfide) groups is 1. The third-order valence-corrected chi connectivity index (χ3v) is 6.25. The zero-order valence-corrected chi connectivity index (χ0v) is 20.8. The van der Waals surface area contributed by atoms with Gasteiger partial charge >= 0.3 is 0 Å². The molecule has 0 saturated carbocycles. The summed E-state index contributed by atoms with van der Waals surface area (Å²) in [5.41, 5.74) is 1.04. The number of hydrogen-bond donors (Lipinski definition) is 1. The first-order valence-electron chi connectivity index (χ1n) is 10.1. The minimum Gasteiger partial charge on any atom is -0.493 e. The van der Waals surface area contributed by atoms with Crippen molar-refractivity contribution in [3.8, 4) is 11.5 Å². The summed E-state index contributed by atoms with van der Waals surface area (Å²) < 4.78 is 29.5. The van der Waals surface area contributed by atoms with Gasteiger partial charge in [0.2, 0.25) is 0 Å². The predicted molar refractivity (Wildman–Crippen MR) is 130 cm³/mol. The van der Waals surface area contributed by atoms with E-state index in [1.165, 1.54) is 36.3 Å². The maximum Gasteiger partial charge on any atom is 0.293 e. The molecule has 1 heterocycles. The number of nitrogens with one attached hydrogen (secondary N) is 1. The zero-order chi connectivity index (χ0) is 24.7. The average Bonchev–Trinajstić information content (AvgIpc) is 3.08. The molecule has 0 spiro atoms. The molecule has 34 heavy (non-hydrogen) atoms. The summed E-state index contributed by atoms with van der Waals surface area (Å²) in [6.45, 7) is 0.430. The van der Waals surface area contributed by atoms with E-state index in [0.717, 1.165) is 11.8 Å². The van der Waals surface area contributed by atoms with E-state index in [1.54, 1.807) is 25.3 Å². The molecule has 2 aromatic carbocycles. The molecule has 1 saturated heterocycles. The first-order valence-corrected chi connectivity index (χ1v) is 11.7. The number of methoxy groups -OCH3 is 2. The minimum absolute atomic E-state index is 0.285. The molecule has 0 radical (unpaired) electrons. The molecule has 1 aliphatic heterocycles. The third-order valence-electron chi connectivity index (χ3n) is 4.66. The van der Waals surface area contributed by atoms with Crippen LogP contribution in [-0.2, 0) is 14.3 Å². The third kappa shape index (κ3) is 6.58. The number of halogens is 2. The molecule has 1 N–H and O–H groups in total. The van der Waals surface area contributed by atoms with Gasteiger partial charge in [-0.15, -0.1) is 0 Å². The molecule has 0 unspecified atom stereocenters. The van der Waals surface area contributed by atoms with Crippen LogP contribution in [0.5, 0.6) is 11.5 Å². The van der Waals surface area contributed by atoms with Crippen LogP contribution in [0.2, 0.25) is 0 Å². The Bertz CT molecular complexity index is 1110. The van der Waals surface area contributed by atoms with Crippen molar-refractivity contribution in [2.24, 2.45) is 0 Å². The highest BCUT2D eigenvalue weighted by Gasteiger charge is 2.34. The molecule has 180 valence electrons. The van der Waals surface area contributed by atoms with Crippen molar-refractivity contribution in [1.82, 2.24) is 4.90 Å². The maximum absolute atomic E-state index is 13.0. The normalized spacial score (nSPS) is 14.6. The molecule has 3 amide bonds. The van der Waals surface area contributed by atoms with Crippen molar-refractivity contribution >= 4 is 56.5 Å². The van der Waals surface area contributed by atoms with Gasteiger partial charge in [-0.3, -0.25) is 19.3 Å². The number of carbonyl (C=O) groups is 3. The lowest BCUT2D eigenvalue weighted by molar-refractivity contribution is -0.123. The van der Waals surface area contributed by atoms with Crippen LogP contribution in [0.25, 0.3) is 6.08 Å². The first kappa shape index (κ1) is 25.7. The lowest BCUT2D eigenvalue weighted by Crippen LogP contribution is -2.29. The van der Waals surface area contributed by atoms with E-state index in [-0.39, 0.29) is 29.2 Å². The Kier molecular flexibility index (Phi) is 9.08. The number of carbonyl (C=O) groups excluding carboxylic acids is 3. The number of imide groups is 1. The molecule has 1 aliphatic rings. The van der Waals surface area contributed by atoms with Gasteiger partial charge < -0.3 is 19.5 Å². The molecular weight excluding hydrogens is 531 g/mol. The summed E-state index contributed by atoms with van der Waals surface area (Å²) in [5, 5.41) is 2.27. The van der Waals surface area contributed by atoms with Gasteiger partial charge in [-0.1, -0.05) is 15.9 Å². The van der Waals surface area contributed by atoms with Crippen LogP contribution >= 0.6 is 27.7 Å². The first-order chi connectivity index (χ1) is 16.3. The summed E-state index contributed by atoms with van der Waals surface area (Å²) in [6.07, 6.45) is 2.15. The Balaban J connectivity index is 1.69. The molecule has 0 bridgehead atoms. The van der Waals surface area contributed by atoms with Gasteiger partial charge in [0.25, 0.3) is 17.1 Å². The van der Waals surface area contributed by atoms with E-state index in [1.807, 2.05) is 0 Å². The number of ether oxygens (including phenoxy) is 3. The standard InChI is InChI=1S/C23H22BrFN2O6S/c1-31-9-3-8-27-22(29)20(34-23(27)30)11-14-10-18(32-2)19(12-17(14)24)33-13-21(28)26-16-6-4-15(25)5-7-16/h4-7,10-12H,3,8-9,13H2,1-2H3,(H,26,28)/b20-11+. The van der Waals surface area contributed by atoms with E-state index in [0.29, 0.717) is 40.3 Å². The molecule has 1 fully saturated rings. The summed E-state index contributed by atoms with van der Waals surface area (Å²) in [7, 11) is 3.01. The summed E-state index contributed by atoms with van der Waals surface area (Å²) in [4.78, 5) is 38.5. The fraction of sp³-hybridized carbons (Fsp3) is 0.261. The van der Waals surface area contributed by atoms with Crippen molar-refractivity contribution in [2.75, 3.05) is 39.3 Å². The lowest BCUT2D eigenvalue weighted by atomic mass is 10.2. The molecular formula is C23H22BrFN2O6S. The van der Waals surface area contributed by atoms with E-state index in [9.17, 15) is 18.8 Å². The smallest absolute Gasteiger partial charge is 0.293 e. The number of benzene rings is 2. The molecule has 2 aromatic rings. The van der Waals surface area contributed by atoms with Gasteiger partial charge in [-0.25, -0.2) is 4.39 Å². The van der Waals surface area contributed by atoms with Gasteiger partial charge in [-0.05, 0) is 66.2 Å². The monoisotopic (exact) mass is 552 g/mol. The Labute approximate surface area is 208 Å². The Morgan fingerprint density at radius 1 is 1.18 bits per heavy atom. The number of anilines is 1. The lowest BCUT2D eigenvalue weighted by Gasteiger charge is -2.13. The van der Waals surface area contributed by atoms with Crippen LogP contribution < -0.4 is 14.8 Å². The van der Waals surface area contributed by atoms with E-state index in [4.69, 9.17) is 14.2 Å². The second kappa shape index (κ2) is 12.0. The Morgan fingerprint density at radius 2 is 1.91 bits per heavy atom. The van der Waals surface area contributed by atoms with Gasteiger partial charge in [0, 0.05) is 30.4 Å². The van der Waals surface area contributed by atoms with E-state index >= 15 is 0 Å².